The summed E-state index contributed by atoms with van der Waals surface area (Å²) in [5.74, 6) is -1.66. The Labute approximate surface area is 143 Å². The summed E-state index contributed by atoms with van der Waals surface area (Å²) in [5, 5.41) is 3.34. The van der Waals surface area contributed by atoms with Gasteiger partial charge in [-0.05, 0) is 5.56 Å². The zero-order chi connectivity index (χ0) is 18.6. The van der Waals surface area contributed by atoms with E-state index in [1.165, 1.54) is 0 Å². The third-order valence-electron chi connectivity index (χ3n) is 3.41. The van der Waals surface area contributed by atoms with Crippen molar-refractivity contribution in [3.8, 4) is 11.4 Å². The number of halogens is 3. The minimum absolute atomic E-state index is 0.00281. The first-order valence-electron chi connectivity index (χ1n) is 7.62. The van der Waals surface area contributed by atoms with Crippen LogP contribution < -0.4 is 0 Å². The van der Waals surface area contributed by atoms with Gasteiger partial charge in [0.2, 0.25) is 11.7 Å². The van der Waals surface area contributed by atoms with Crippen molar-refractivity contribution < 1.29 is 22.5 Å². The molecule has 0 fully saturated rings. The molecule has 134 valence electrons. The highest BCUT2D eigenvalue weighted by molar-refractivity contribution is 5.78. The molecule has 8 heteroatoms. The molecule has 1 amide bonds. The molecule has 2 aromatic rings. The monoisotopic (exact) mass is 353 g/mol. The lowest BCUT2D eigenvalue weighted by atomic mass is 10.1. The van der Waals surface area contributed by atoms with Crippen LogP contribution in [-0.4, -0.2) is 27.5 Å². The van der Waals surface area contributed by atoms with Gasteiger partial charge in [-0.1, -0.05) is 49.3 Å². The first kappa shape index (κ1) is 18.7. The van der Waals surface area contributed by atoms with Crippen molar-refractivity contribution in [3.05, 3.63) is 48.4 Å². The summed E-state index contributed by atoms with van der Waals surface area (Å²) in [6, 6.07) is 6.60. The molecule has 0 N–H and O–H groups in total. The molecule has 1 aromatic heterocycles. The minimum atomic E-state index is -4.67. The van der Waals surface area contributed by atoms with Crippen LogP contribution in [0.2, 0.25) is 0 Å². The third kappa shape index (κ3) is 4.68. The lowest BCUT2D eigenvalue weighted by Gasteiger charge is -2.23. The minimum Gasteiger partial charge on any atom is -0.334 e. The summed E-state index contributed by atoms with van der Waals surface area (Å²) in [6.45, 7) is 8.07. The lowest BCUT2D eigenvalue weighted by molar-refractivity contribution is -0.159. The molecule has 0 aliphatic heterocycles. The molecule has 5 nitrogen and oxygen atoms in total. The van der Waals surface area contributed by atoms with E-state index in [0.29, 0.717) is 18.7 Å². The number of carbonyl (C=O) groups excluding carboxylic acids is 1. The highest BCUT2D eigenvalue weighted by Gasteiger charge is 2.38. The van der Waals surface area contributed by atoms with Crippen molar-refractivity contribution in [3.63, 3.8) is 0 Å². The zero-order valence-electron chi connectivity index (χ0n) is 13.9. The number of alkyl halides is 3. The summed E-state index contributed by atoms with van der Waals surface area (Å²) in [7, 11) is 0. The van der Waals surface area contributed by atoms with Gasteiger partial charge in [0.15, 0.2) is 0 Å². The van der Waals surface area contributed by atoms with E-state index >= 15 is 0 Å². The quantitative estimate of drug-likeness (QED) is 0.739. The van der Waals surface area contributed by atoms with Gasteiger partial charge in [0.1, 0.15) is 0 Å². The van der Waals surface area contributed by atoms with Gasteiger partial charge in [-0.25, -0.2) is 0 Å². The first-order valence-corrected chi connectivity index (χ1v) is 7.62. The highest BCUT2D eigenvalue weighted by atomic mass is 19.4. The third-order valence-corrected chi connectivity index (χ3v) is 3.41. The number of benzene rings is 1. The van der Waals surface area contributed by atoms with Crippen LogP contribution in [0.1, 0.15) is 25.3 Å². The Morgan fingerprint density at radius 3 is 2.44 bits per heavy atom. The van der Waals surface area contributed by atoms with Crippen LogP contribution in [0.25, 0.3) is 11.4 Å². The number of amides is 1. The Kier molecular flexibility index (Phi) is 5.61. The summed E-state index contributed by atoms with van der Waals surface area (Å²) >= 11 is 0. The smallest absolute Gasteiger partial charge is 0.334 e. The molecule has 0 unspecified atom stereocenters. The fourth-order valence-electron chi connectivity index (χ4n) is 2.19. The fourth-order valence-corrected chi connectivity index (χ4v) is 2.19. The molecule has 0 spiro atoms. The lowest BCUT2D eigenvalue weighted by Crippen LogP contribution is -2.33. The first-order chi connectivity index (χ1) is 11.7. The Balaban J connectivity index is 2.15. The maximum absolute atomic E-state index is 12.5. The molecule has 0 radical (unpaired) electrons. The second-order valence-corrected chi connectivity index (χ2v) is 5.78. The van der Waals surface area contributed by atoms with E-state index in [9.17, 15) is 18.0 Å². The van der Waals surface area contributed by atoms with Gasteiger partial charge < -0.3 is 9.42 Å². The standard InChI is InChI=1S/C17H18F3N3O2/c1-4-9-23(15(24)11(2)3)10-12-5-7-13(8-6-12)14-21-16(25-22-14)17(18,19)20/h4-8,11H,1,9-10H2,2-3H3. The molecule has 2 rings (SSSR count). The molecule has 0 atom stereocenters. The molecule has 0 saturated carbocycles. The van der Waals surface area contributed by atoms with Gasteiger partial charge in [0.25, 0.3) is 0 Å². The molecule has 0 saturated heterocycles. The maximum Gasteiger partial charge on any atom is 0.471 e. The summed E-state index contributed by atoms with van der Waals surface area (Å²) in [4.78, 5) is 17.2. The van der Waals surface area contributed by atoms with E-state index in [2.05, 4.69) is 21.2 Å². The molecule has 0 bridgehead atoms. The normalized spacial score (nSPS) is 11.6. The average molecular weight is 353 g/mol. The number of aromatic nitrogens is 2. The maximum atomic E-state index is 12.5. The van der Waals surface area contributed by atoms with Crippen LogP contribution in [0.4, 0.5) is 13.2 Å². The van der Waals surface area contributed by atoms with Crippen LogP contribution in [-0.2, 0) is 17.5 Å². The van der Waals surface area contributed by atoms with Crippen LogP contribution in [0, 0.1) is 5.92 Å². The van der Waals surface area contributed by atoms with Crippen molar-refractivity contribution >= 4 is 5.91 Å². The van der Waals surface area contributed by atoms with Gasteiger partial charge in [-0.2, -0.15) is 18.2 Å². The van der Waals surface area contributed by atoms with Gasteiger partial charge in [0.05, 0.1) is 0 Å². The molecule has 1 heterocycles. The van der Waals surface area contributed by atoms with Crippen molar-refractivity contribution in [2.45, 2.75) is 26.6 Å². The van der Waals surface area contributed by atoms with Crippen molar-refractivity contribution in [1.29, 1.82) is 0 Å². The van der Waals surface area contributed by atoms with Crippen molar-refractivity contribution in [2.75, 3.05) is 6.54 Å². The second kappa shape index (κ2) is 7.50. The molecule has 0 aliphatic carbocycles. The van der Waals surface area contributed by atoms with Gasteiger partial charge in [-0.3, -0.25) is 4.79 Å². The van der Waals surface area contributed by atoms with Gasteiger partial charge in [-0.15, -0.1) is 6.58 Å². The number of hydrogen-bond donors (Lipinski definition) is 0. The van der Waals surface area contributed by atoms with Gasteiger partial charge >= 0.3 is 12.1 Å². The molecule has 1 aromatic carbocycles. The summed E-state index contributed by atoms with van der Waals surface area (Å²) < 4.78 is 41.7. The van der Waals surface area contributed by atoms with E-state index in [1.54, 1.807) is 35.2 Å². The highest BCUT2D eigenvalue weighted by Crippen LogP contribution is 2.29. The summed E-state index contributed by atoms with van der Waals surface area (Å²) in [6.07, 6.45) is -3.03. The van der Waals surface area contributed by atoms with Gasteiger partial charge in [0, 0.05) is 24.6 Å². The molecule has 0 aliphatic rings. The molecule has 25 heavy (non-hydrogen) atoms. The van der Waals surface area contributed by atoms with Crippen molar-refractivity contribution in [2.24, 2.45) is 5.92 Å². The van der Waals surface area contributed by atoms with Crippen LogP contribution in [0.15, 0.2) is 41.4 Å². The number of nitrogens with zero attached hydrogens (tertiary/aromatic N) is 3. The number of carbonyl (C=O) groups is 1. The Hall–Kier alpha value is -2.64. The SMILES string of the molecule is C=CCN(Cc1ccc(-c2noc(C(F)(F)F)n2)cc1)C(=O)C(C)C. The summed E-state index contributed by atoms with van der Waals surface area (Å²) in [5.41, 5.74) is 1.23. The Morgan fingerprint density at radius 1 is 1.32 bits per heavy atom. The van der Waals surface area contributed by atoms with E-state index in [1.807, 2.05) is 13.8 Å². The van der Waals surface area contributed by atoms with Crippen LogP contribution in [0.5, 0.6) is 0 Å². The van der Waals surface area contributed by atoms with E-state index < -0.39 is 12.1 Å². The molecular formula is C17H18F3N3O2. The largest absolute Gasteiger partial charge is 0.471 e. The average Bonchev–Trinajstić information content (AvgIpc) is 3.04. The number of rotatable bonds is 6. The second-order valence-electron chi connectivity index (χ2n) is 5.78. The van der Waals surface area contributed by atoms with Crippen LogP contribution in [0.3, 0.4) is 0 Å². The predicted molar refractivity (Wildman–Crippen MR) is 85.2 cm³/mol. The zero-order valence-corrected chi connectivity index (χ0v) is 13.9. The molecular weight excluding hydrogens is 335 g/mol. The number of hydrogen-bond acceptors (Lipinski definition) is 4. The topological polar surface area (TPSA) is 59.2 Å². The van der Waals surface area contributed by atoms with E-state index in [4.69, 9.17) is 0 Å². The fraction of sp³-hybridized carbons (Fsp3) is 0.353. The van der Waals surface area contributed by atoms with Crippen LogP contribution >= 0.6 is 0 Å². The van der Waals surface area contributed by atoms with Crippen molar-refractivity contribution in [1.82, 2.24) is 15.0 Å². The van der Waals surface area contributed by atoms with E-state index in [0.717, 1.165) is 5.56 Å². The Morgan fingerprint density at radius 2 is 1.96 bits per heavy atom. The van der Waals surface area contributed by atoms with E-state index in [-0.39, 0.29) is 17.6 Å². The predicted octanol–water partition coefficient (Wildman–Crippen LogP) is 3.93. The Bertz CT molecular complexity index is 736.